The van der Waals surface area contributed by atoms with Crippen molar-refractivity contribution in [2.24, 2.45) is 7.05 Å². The van der Waals surface area contributed by atoms with Gasteiger partial charge in [0.15, 0.2) is 0 Å². The van der Waals surface area contributed by atoms with E-state index in [0.29, 0.717) is 23.7 Å². The van der Waals surface area contributed by atoms with E-state index in [1.807, 2.05) is 5.38 Å². The third-order valence-electron chi connectivity index (χ3n) is 4.11. The lowest BCUT2D eigenvalue weighted by atomic mass is 10.3. The molecule has 0 radical (unpaired) electrons. The van der Waals surface area contributed by atoms with Crippen LogP contribution in [0.1, 0.15) is 15.4 Å². The summed E-state index contributed by atoms with van der Waals surface area (Å²) in [5.74, 6) is -0.0553. The van der Waals surface area contributed by atoms with Crippen molar-refractivity contribution >= 4 is 43.2 Å². The summed E-state index contributed by atoms with van der Waals surface area (Å²) in [6, 6.07) is 1.79. The van der Waals surface area contributed by atoms with Crippen molar-refractivity contribution in [2.75, 3.05) is 26.2 Å². The summed E-state index contributed by atoms with van der Waals surface area (Å²) in [6.45, 7) is 3.07. The molecule has 1 aliphatic rings. The zero-order valence-corrected chi connectivity index (χ0v) is 16.5. The van der Waals surface area contributed by atoms with Crippen LogP contribution < -0.4 is 0 Å². The molecule has 0 bridgehead atoms. The molecule has 0 spiro atoms. The van der Waals surface area contributed by atoms with Crippen LogP contribution in [-0.4, -0.2) is 59.5 Å². The van der Waals surface area contributed by atoms with E-state index in [2.05, 4.69) is 21.0 Å². The molecule has 10 heteroatoms. The van der Waals surface area contributed by atoms with Gasteiger partial charge in [-0.25, -0.2) is 8.42 Å². The van der Waals surface area contributed by atoms with Gasteiger partial charge in [-0.3, -0.25) is 9.48 Å². The SMILES string of the molecule is Cc1c(S(=O)(=O)N2CCN(C(=O)c3cc(Br)cs3)CC2)cnn1C. The summed E-state index contributed by atoms with van der Waals surface area (Å²) in [6.07, 6.45) is 1.38. The van der Waals surface area contributed by atoms with Crippen molar-refractivity contribution in [1.82, 2.24) is 19.0 Å². The number of thiophene rings is 1. The predicted octanol–water partition coefficient (Wildman–Crippen LogP) is 1.70. The van der Waals surface area contributed by atoms with Crippen molar-refractivity contribution in [3.63, 3.8) is 0 Å². The highest BCUT2D eigenvalue weighted by Crippen LogP contribution is 2.24. The van der Waals surface area contributed by atoms with Crippen LogP contribution in [-0.2, 0) is 17.1 Å². The molecule has 0 atom stereocenters. The fourth-order valence-corrected chi connectivity index (χ4v) is 5.58. The molecule has 3 heterocycles. The zero-order chi connectivity index (χ0) is 17.5. The van der Waals surface area contributed by atoms with Crippen molar-refractivity contribution in [3.8, 4) is 0 Å². The van der Waals surface area contributed by atoms with Crippen LogP contribution in [0, 0.1) is 6.92 Å². The summed E-state index contributed by atoms with van der Waals surface area (Å²) >= 11 is 4.72. The Hall–Kier alpha value is -1.23. The van der Waals surface area contributed by atoms with E-state index in [4.69, 9.17) is 0 Å². The molecule has 2 aromatic heterocycles. The maximum Gasteiger partial charge on any atom is 0.264 e. The van der Waals surface area contributed by atoms with Crippen molar-refractivity contribution in [1.29, 1.82) is 0 Å². The first-order chi connectivity index (χ1) is 11.3. The normalized spacial score (nSPS) is 16.5. The highest BCUT2D eigenvalue weighted by Gasteiger charge is 2.32. The number of piperazine rings is 1. The molecule has 3 rings (SSSR count). The summed E-state index contributed by atoms with van der Waals surface area (Å²) in [4.78, 5) is 15.0. The summed E-state index contributed by atoms with van der Waals surface area (Å²) in [5.41, 5.74) is 0.608. The van der Waals surface area contributed by atoms with E-state index >= 15 is 0 Å². The van der Waals surface area contributed by atoms with E-state index < -0.39 is 10.0 Å². The monoisotopic (exact) mass is 432 g/mol. The number of nitrogens with zero attached hydrogens (tertiary/aromatic N) is 4. The Bertz CT molecular complexity index is 866. The molecule has 7 nitrogen and oxygen atoms in total. The molecule has 130 valence electrons. The minimum atomic E-state index is -3.57. The Morgan fingerprint density at radius 1 is 1.29 bits per heavy atom. The van der Waals surface area contributed by atoms with Gasteiger partial charge in [0.25, 0.3) is 5.91 Å². The lowest BCUT2D eigenvalue weighted by molar-refractivity contribution is 0.0702. The summed E-state index contributed by atoms with van der Waals surface area (Å²) < 4.78 is 29.3. The topological polar surface area (TPSA) is 75.5 Å². The number of amides is 1. The van der Waals surface area contributed by atoms with Gasteiger partial charge in [-0.1, -0.05) is 0 Å². The number of carbonyl (C=O) groups excluding carboxylic acids is 1. The second-order valence-electron chi connectivity index (χ2n) is 5.54. The molecule has 24 heavy (non-hydrogen) atoms. The van der Waals surface area contributed by atoms with Crippen LogP contribution in [0.15, 0.2) is 27.0 Å². The minimum absolute atomic E-state index is 0.0553. The van der Waals surface area contributed by atoms with Crippen LogP contribution in [0.3, 0.4) is 0 Å². The first kappa shape index (κ1) is 17.6. The molecule has 1 fully saturated rings. The van der Waals surface area contributed by atoms with Gasteiger partial charge in [0, 0.05) is 43.1 Å². The molecule has 0 aromatic carbocycles. The standard InChI is InChI=1S/C14H17BrN4O3S2/c1-10-13(8-16-17(10)2)24(21,22)19-5-3-18(4-6-19)14(20)12-7-11(15)9-23-12/h7-9H,3-6H2,1-2H3. The van der Waals surface area contributed by atoms with Crippen molar-refractivity contribution < 1.29 is 13.2 Å². The van der Waals surface area contributed by atoms with E-state index in [1.54, 1.807) is 29.6 Å². The van der Waals surface area contributed by atoms with Crippen molar-refractivity contribution in [2.45, 2.75) is 11.8 Å². The van der Waals surface area contributed by atoms with Crippen LogP contribution in [0.25, 0.3) is 0 Å². The number of carbonyl (C=O) groups is 1. The summed E-state index contributed by atoms with van der Waals surface area (Å²) in [5, 5.41) is 5.87. The van der Waals surface area contributed by atoms with Gasteiger partial charge >= 0.3 is 0 Å². The average Bonchev–Trinajstić information content (AvgIpc) is 3.14. The molecule has 1 amide bonds. The molecule has 2 aromatic rings. The molecular weight excluding hydrogens is 416 g/mol. The molecule has 0 N–H and O–H groups in total. The second-order valence-corrected chi connectivity index (χ2v) is 9.28. The van der Waals surface area contributed by atoms with Gasteiger partial charge in [0.1, 0.15) is 4.90 Å². The maximum atomic E-state index is 12.7. The number of sulfonamides is 1. The van der Waals surface area contributed by atoms with Gasteiger partial charge in [0.2, 0.25) is 10.0 Å². The smallest absolute Gasteiger partial charge is 0.264 e. The van der Waals surface area contributed by atoms with E-state index in [0.717, 1.165) is 4.47 Å². The Morgan fingerprint density at radius 3 is 2.46 bits per heavy atom. The lowest BCUT2D eigenvalue weighted by Gasteiger charge is -2.33. The Kier molecular flexibility index (Phi) is 4.82. The Morgan fingerprint density at radius 2 is 1.96 bits per heavy atom. The average molecular weight is 433 g/mol. The molecular formula is C14H17BrN4O3S2. The number of hydrogen-bond acceptors (Lipinski definition) is 5. The number of rotatable bonds is 3. The molecule has 0 aliphatic carbocycles. The number of halogens is 1. The van der Waals surface area contributed by atoms with Gasteiger partial charge in [-0.2, -0.15) is 9.40 Å². The Balaban J connectivity index is 1.71. The fourth-order valence-electron chi connectivity index (χ4n) is 2.58. The summed E-state index contributed by atoms with van der Waals surface area (Å²) in [7, 11) is -1.86. The maximum absolute atomic E-state index is 12.7. The van der Waals surface area contributed by atoms with Crippen molar-refractivity contribution in [3.05, 3.63) is 32.7 Å². The second kappa shape index (κ2) is 6.58. The third kappa shape index (κ3) is 3.15. The molecule has 1 aliphatic heterocycles. The van der Waals surface area contributed by atoms with Crippen LogP contribution in [0.2, 0.25) is 0 Å². The third-order valence-corrected chi connectivity index (χ3v) is 7.79. The highest BCUT2D eigenvalue weighted by atomic mass is 79.9. The quantitative estimate of drug-likeness (QED) is 0.739. The predicted molar refractivity (Wildman–Crippen MR) is 94.6 cm³/mol. The molecule has 0 unspecified atom stereocenters. The number of aryl methyl sites for hydroxylation is 1. The van der Waals surface area contributed by atoms with Gasteiger partial charge in [0.05, 0.1) is 16.8 Å². The lowest BCUT2D eigenvalue weighted by Crippen LogP contribution is -2.50. The van der Waals surface area contributed by atoms with Crippen LogP contribution in [0.4, 0.5) is 0 Å². The number of aromatic nitrogens is 2. The van der Waals surface area contributed by atoms with E-state index in [-0.39, 0.29) is 23.9 Å². The van der Waals surface area contributed by atoms with E-state index in [9.17, 15) is 13.2 Å². The van der Waals surface area contributed by atoms with Gasteiger partial charge in [-0.05, 0) is 28.9 Å². The van der Waals surface area contributed by atoms with E-state index in [1.165, 1.54) is 21.8 Å². The number of hydrogen-bond donors (Lipinski definition) is 0. The van der Waals surface area contributed by atoms with Crippen LogP contribution >= 0.6 is 27.3 Å². The fraction of sp³-hybridized carbons (Fsp3) is 0.429. The molecule has 1 saturated heterocycles. The zero-order valence-electron chi connectivity index (χ0n) is 13.3. The first-order valence-electron chi connectivity index (χ1n) is 7.33. The Labute approximate surface area is 153 Å². The van der Waals surface area contributed by atoms with Gasteiger partial charge < -0.3 is 4.90 Å². The van der Waals surface area contributed by atoms with Crippen LogP contribution in [0.5, 0.6) is 0 Å². The minimum Gasteiger partial charge on any atom is -0.335 e. The highest BCUT2D eigenvalue weighted by molar-refractivity contribution is 9.10. The van der Waals surface area contributed by atoms with Gasteiger partial charge in [-0.15, -0.1) is 11.3 Å². The largest absolute Gasteiger partial charge is 0.335 e. The first-order valence-corrected chi connectivity index (χ1v) is 10.4. The molecule has 0 saturated carbocycles.